The summed E-state index contributed by atoms with van der Waals surface area (Å²) in [5.74, 6) is 0. The van der Waals surface area contributed by atoms with Gasteiger partial charge in [0.2, 0.25) is 0 Å². The Morgan fingerprint density at radius 3 is 2.14 bits per heavy atom. The summed E-state index contributed by atoms with van der Waals surface area (Å²) in [6.45, 7) is 2.23. The Morgan fingerprint density at radius 2 is 1.71 bits per heavy atom. The molecular formula is C10H15Cl2NS. The van der Waals surface area contributed by atoms with Crippen LogP contribution in [0.25, 0.3) is 0 Å². The Balaban J connectivity index is 0.000000364. The van der Waals surface area contributed by atoms with Gasteiger partial charge in [-0.2, -0.15) is 0 Å². The number of nitrogens with one attached hydrogen (secondary N) is 1. The van der Waals surface area contributed by atoms with Crippen molar-refractivity contribution in [1.82, 2.24) is 0 Å². The monoisotopic (exact) mass is 251 g/mol. The van der Waals surface area contributed by atoms with Crippen molar-refractivity contribution in [3.63, 3.8) is 0 Å². The number of benzene rings is 1. The number of halogens is 2. The first-order valence-corrected chi connectivity index (χ1v) is 7.36. The number of aryl methyl sites for hydroxylation is 1. The van der Waals surface area contributed by atoms with Crippen LogP contribution in [0.2, 0.25) is 0 Å². The van der Waals surface area contributed by atoms with E-state index < -0.39 is 9.12 Å². The maximum Gasteiger partial charge on any atom is 0.0838 e. The first-order valence-electron chi connectivity index (χ1n) is 4.48. The predicted molar refractivity (Wildman–Crippen MR) is 66.8 cm³/mol. The van der Waals surface area contributed by atoms with Crippen molar-refractivity contribution >= 4 is 30.5 Å². The molecule has 0 fully saturated rings. The van der Waals surface area contributed by atoms with Crippen molar-refractivity contribution in [2.45, 2.75) is 26.2 Å². The molecule has 1 N–H and O–H groups in total. The summed E-state index contributed by atoms with van der Waals surface area (Å²) in [5, 5.41) is 0. The van der Waals surface area contributed by atoms with E-state index in [0.717, 1.165) is 0 Å². The second-order valence-electron chi connectivity index (χ2n) is 2.80. The predicted octanol–water partition coefficient (Wildman–Crippen LogP) is 4.70. The molecule has 0 unspecified atom stereocenters. The summed E-state index contributed by atoms with van der Waals surface area (Å²) >= 11 is 0. The molecule has 0 radical (unpaired) electrons. The normalized spacial score (nSPS) is 9.43. The summed E-state index contributed by atoms with van der Waals surface area (Å²) < 4.78 is 6.14. The van der Waals surface area contributed by atoms with Crippen molar-refractivity contribution in [3.05, 3.63) is 35.9 Å². The number of hydrogen-bond acceptors (Lipinski definition) is 1. The number of rotatable bonds is 3. The maximum atomic E-state index is 6.14. The lowest BCUT2D eigenvalue weighted by Gasteiger charge is -1.96. The minimum absolute atomic E-state index is 1.17. The van der Waals surface area contributed by atoms with E-state index in [2.05, 4.69) is 37.3 Å². The van der Waals surface area contributed by atoms with Gasteiger partial charge in [-0.15, -0.1) is 0 Å². The topological polar surface area (TPSA) is 23.9 Å². The molecule has 1 aromatic rings. The molecule has 1 rings (SSSR count). The van der Waals surface area contributed by atoms with Gasteiger partial charge in [0, 0.05) is 0 Å². The van der Waals surface area contributed by atoms with Gasteiger partial charge in [0.15, 0.2) is 0 Å². The van der Waals surface area contributed by atoms with Crippen molar-refractivity contribution in [2.75, 3.05) is 0 Å². The van der Waals surface area contributed by atoms with Crippen molar-refractivity contribution in [1.29, 1.82) is 4.78 Å². The largest absolute Gasteiger partial charge is 0.251 e. The van der Waals surface area contributed by atoms with Gasteiger partial charge in [-0.05, 0) is 39.8 Å². The smallest absolute Gasteiger partial charge is 0.0838 e. The summed E-state index contributed by atoms with van der Waals surface area (Å²) in [7, 11) is 8.30. The zero-order valence-electron chi connectivity index (χ0n) is 8.17. The van der Waals surface area contributed by atoms with Crippen LogP contribution >= 0.6 is 21.4 Å². The highest BCUT2D eigenvalue weighted by Crippen LogP contribution is 2.03. The lowest BCUT2D eigenvalue weighted by molar-refractivity contribution is 0.795. The van der Waals surface area contributed by atoms with Crippen LogP contribution in [0.15, 0.2) is 30.3 Å². The van der Waals surface area contributed by atoms with Gasteiger partial charge >= 0.3 is 0 Å². The zero-order valence-corrected chi connectivity index (χ0v) is 10.5. The molecule has 0 spiro atoms. The van der Waals surface area contributed by atoms with E-state index in [-0.39, 0.29) is 0 Å². The number of hydrogen-bond donors (Lipinski definition) is 1. The van der Waals surface area contributed by atoms with Crippen molar-refractivity contribution in [3.8, 4) is 0 Å². The highest BCUT2D eigenvalue weighted by atomic mass is 36.0. The van der Waals surface area contributed by atoms with E-state index in [1.807, 2.05) is 0 Å². The zero-order chi connectivity index (χ0) is 10.8. The Bertz CT molecular complexity index is 248. The van der Waals surface area contributed by atoms with Crippen LogP contribution in [0, 0.1) is 4.78 Å². The molecule has 0 saturated carbocycles. The Kier molecular flexibility index (Phi) is 9.47. The van der Waals surface area contributed by atoms with Crippen LogP contribution in [-0.2, 0) is 15.5 Å². The fraction of sp³-hybridized carbons (Fsp3) is 0.400. The van der Waals surface area contributed by atoms with E-state index in [4.69, 9.17) is 26.1 Å². The van der Waals surface area contributed by atoms with Crippen LogP contribution in [0.5, 0.6) is 0 Å². The Hall–Kier alpha value is -0.0500. The molecule has 0 aliphatic rings. The second-order valence-corrected chi connectivity index (χ2v) is 5.55. The molecule has 0 aliphatic carbocycles. The first-order chi connectivity index (χ1) is 6.66. The van der Waals surface area contributed by atoms with Gasteiger partial charge in [-0.25, -0.2) is 0 Å². The SMILES string of the molecule is CCCCc1ccccc1.N=S(Cl)Cl. The molecule has 1 aromatic carbocycles. The Morgan fingerprint density at radius 1 is 1.21 bits per heavy atom. The molecular weight excluding hydrogens is 237 g/mol. The van der Waals surface area contributed by atoms with E-state index in [0.29, 0.717) is 0 Å². The minimum atomic E-state index is -1.17. The van der Waals surface area contributed by atoms with Crippen molar-refractivity contribution < 1.29 is 0 Å². The van der Waals surface area contributed by atoms with Crippen LogP contribution in [0.3, 0.4) is 0 Å². The van der Waals surface area contributed by atoms with Crippen LogP contribution in [0.4, 0.5) is 0 Å². The molecule has 14 heavy (non-hydrogen) atoms. The van der Waals surface area contributed by atoms with Gasteiger partial charge in [-0.1, -0.05) is 43.7 Å². The van der Waals surface area contributed by atoms with Gasteiger partial charge in [-0.3, -0.25) is 4.78 Å². The van der Waals surface area contributed by atoms with Gasteiger partial charge < -0.3 is 0 Å². The first kappa shape index (κ1) is 13.9. The molecule has 0 aromatic heterocycles. The average Bonchev–Trinajstić information content (AvgIpc) is 2.15. The molecule has 0 amide bonds. The molecule has 0 bridgehead atoms. The summed E-state index contributed by atoms with van der Waals surface area (Å²) in [6, 6.07) is 10.6. The van der Waals surface area contributed by atoms with E-state index in [1.54, 1.807) is 0 Å². The molecule has 1 nitrogen and oxygen atoms in total. The van der Waals surface area contributed by atoms with Crippen LogP contribution in [-0.4, -0.2) is 0 Å². The second kappa shape index (κ2) is 9.50. The van der Waals surface area contributed by atoms with Crippen molar-refractivity contribution in [2.24, 2.45) is 0 Å². The summed E-state index contributed by atoms with van der Waals surface area (Å²) in [6.07, 6.45) is 3.83. The highest BCUT2D eigenvalue weighted by molar-refractivity contribution is 8.27. The van der Waals surface area contributed by atoms with E-state index in [1.165, 1.54) is 24.8 Å². The standard InChI is InChI=1S/C10H14.Cl2HNS/c1-2-3-7-10-8-5-4-6-9-10;1-4(2)3/h4-6,8-9H,2-3,7H2,1H3;3H. The maximum absolute atomic E-state index is 6.14. The molecule has 80 valence electrons. The molecule has 4 heteroatoms. The van der Waals surface area contributed by atoms with Gasteiger partial charge in [0.1, 0.15) is 0 Å². The third kappa shape index (κ3) is 10.0. The lowest BCUT2D eigenvalue weighted by Crippen LogP contribution is -1.81. The quantitative estimate of drug-likeness (QED) is 0.805. The number of unbranched alkanes of at least 4 members (excludes halogenated alkanes) is 1. The fourth-order valence-corrected chi connectivity index (χ4v) is 1.03. The highest BCUT2D eigenvalue weighted by Gasteiger charge is 1.87. The molecule has 0 aliphatic heterocycles. The summed E-state index contributed by atoms with van der Waals surface area (Å²) in [4.78, 5) is 0. The third-order valence-electron chi connectivity index (χ3n) is 1.66. The van der Waals surface area contributed by atoms with Crippen LogP contribution < -0.4 is 0 Å². The average molecular weight is 252 g/mol. The molecule has 0 saturated heterocycles. The fourth-order valence-electron chi connectivity index (χ4n) is 1.03. The van der Waals surface area contributed by atoms with Gasteiger partial charge in [0.05, 0.1) is 9.12 Å². The van der Waals surface area contributed by atoms with Gasteiger partial charge in [0.25, 0.3) is 0 Å². The molecule has 0 atom stereocenters. The van der Waals surface area contributed by atoms with E-state index >= 15 is 0 Å². The third-order valence-corrected chi connectivity index (χ3v) is 1.66. The Labute approximate surface area is 97.3 Å². The minimum Gasteiger partial charge on any atom is -0.251 e. The van der Waals surface area contributed by atoms with Crippen LogP contribution in [0.1, 0.15) is 25.3 Å². The summed E-state index contributed by atoms with van der Waals surface area (Å²) in [5.41, 5.74) is 1.46. The lowest BCUT2D eigenvalue weighted by atomic mass is 10.1. The molecule has 0 heterocycles. The van der Waals surface area contributed by atoms with E-state index in [9.17, 15) is 0 Å².